The van der Waals surface area contributed by atoms with Crippen LogP contribution in [0.15, 0.2) is 47.4 Å². The number of nitrogens with zero attached hydrogens (tertiary/aromatic N) is 3. The Kier molecular flexibility index (Phi) is 8.65. The number of para-hydroxylation sites is 2. The van der Waals surface area contributed by atoms with E-state index < -0.39 is 16.1 Å². The lowest BCUT2D eigenvalue weighted by atomic mass is 9.82. The van der Waals surface area contributed by atoms with E-state index >= 15 is 0 Å². The van der Waals surface area contributed by atoms with Crippen LogP contribution in [0.25, 0.3) is 10.2 Å². The van der Waals surface area contributed by atoms with Gasteiger partial charge in [0.15, 0.2) is 0 Å². The zero-order valence-electron chi connectivity index (χ0n) is 23.7. The molecule has 3 heterocycles. The van der Waals surface area contributed by atoms with Crippen molar-refractivity contribution in [1.82, 2.24) is 19.5 Å². The summed E-state index contributed by atoms with van der Waals surface area (Å²) < 4.78 is 36.5. The van der Waals surface area contributed by atoms with E-state index in [0.717, 1.165) is 22.2 Å². The van der Waals surface area contributed by atoms with Crippen molar-refractivity contribution in [3.63, 3.8) is 0 Å². The highest BCUT2D eigenvalue weighted by atomic mass is 32.2. The van der Waals surface area contributed by atoms with E-state index in [9.17, 15) is 18.0 Å². The van der Waals surface area contributed by atoms with Crippen LogP contribution in [0.5, 0.6) is 0 Å². The standard InChI is InChI=1S/C29H37N5O5S2/c1-4-39-26(35)18-33-12-14-34(15-13-33)28(36)22(16-25-31-21-9-5-6-10-23(21)40-25)32-41(37,38)24-11-7-8-20-17-29(2,3)19-30-27(20)24/h5-11,22,30,32H,4,12-19H2,1-3H3. The molecule has 0 radical (unpaired) electrons. The molecular formula is C29H37N5O5S2. The summed E-state index contributed by atoms with van der Waals surface area (Å²) in [4.78, 5) is 34.2. The van der Waals surface area contributed by atoms with Gasteiger partial charge in [0.2, 0.25) is 15.9 Å². The molecule has 2 aliphatic rings. The van der Waals surface area contributed by atoms with Crippen molar-refractivity contribution >= 4 is 49.1 Å². The number of amides is 1. The van der Waals surface area contributed by atoms with Gasteiger partial charge in [0.05, 0.1) is 34.1 Å². The fraction of sp³-hybridized carbons (Fsp3) is 0.483. The van der Waals surface area contributed by atoms with Crippen LogP contribution in [0.2, 0.25) is 0 Å². The molecule has 41 heavy (non-hydrogen) atoms. The summed E-state index contributed by atoms with van der Waals surface area (Å²) in [6, 6.07) is 11.9. The molecule has 1 amide bonds. The van der Waals surface area contributed by atoms with Gasteiger partial charge in [-0.25, -0.2) is 13.4 Å². The highest BCUT2D eigenvalue weighted by Crippen LogP contribution is 2.36. The predicted octanol–water partition coefficient (Wildman–Crippen LogP) is 2.89. The minimum atomic E-state index is -4.06. The predicted molar refractivity (Wildman–Crippen MR) is 160 cm³/mol. The first-order valence-corrected chi connectivity index (χ1v) is 16.2. The number of carbonyl (C=O) groups is 2. The number of carbonyl (C=O) groups excluding carboxylic acids is 2. The van der Waals surface area contributed by atoms with Gasteiger partial charge >= 0.3 is 5.97 Å². The van der Waals surface area contributed by atoms with Crippen molar-refractivity contribution < 1.29 is 22.7 Å². The number of fused-ring (bicyclic) bond motifs is 2. The van der Waals surface area contributed by atoms with E-state index in [4.69, 9.17) is 4.74 Å². The number of sulfonamides is 1. The Morgan fingerprint density at radius 1 is 1.12 bits per heavy atom. The molecule has 5 rings (SSSR count). The molecule has 12 heteroatoms. The van der Waals surface area contributed by atoms with E-state index in [1.54, 1.807) is 24.0 Å². The Balaban J connectivity index is 1.38. The number of hydrogen-bond donors (Lipinski definition) is 2. The number of thiazole rings is 1. The van der Waals surface area contributed by atoms with Crippen LogP contribution in [0.4, 0.5) is 5.69 Å². The summed E-state index contributed by atoms with van der Waals surface area (Å²) in [5.41, 5.74) is 2.36. The number of benzene rings is 2. The van der Waals surface area contributed by atoms with E-state index in [-0.39, 0.29) is 35.2 Å². The molecular weight excluding hydrogens is 562 g/mol. The van der Waals surface area contributed by atoms with E-state index in [0.29, 0.717) is 50.0 Å². The van der Waals surface area contributed by atoms with Crippen LogP contribution >= 0.6 is 11.3 Å². The lowest BCUT2D eigenvalue weighted by Crippen LogP contribution is -2.56. The Morgan fingerprint density at radius 3 is 2.61 bits per heavy atom. The molecule has 2 aliphatic heterocycles. The highest BCUT2D eigenvalue weighted by molar-refractivity contribution is 7.89. The third kappa shape index (κ3) is 6.88. The van der Waals surface area contributed by atoms with Gasteiger partial charge in [-0.05, 0) is 42.5 Å². The summed E-state index contributed by atoms with van der Waals surface area (Å²) in [6.45, 7) is 8.95. The van der Waals surface area contributed by atoms with Crippen LogP contribution in [0, 0.1) is 5.41 Å². The smallest absolute Gasteiger partial charge is 0.320 e. The number of nitrogens with one attached hydrogen (secondary N) is 2. The lowest BCUT2D eigenvalue weighted by molar-refractivity contribution is -0.145. The monoisotopic (exact) mass is 599 g/mol. The van der Waals surface area contributed by atoms with Gasteiger partial charge in [-0.2, -0.15) is 4.72 Å². The third-order valence-corrected chi connectivity index (χ3v) is 10.0. The van der Waals surface area contributed by atoms with Gasteiger partial charge in [-0.1, -0.05) is 38.1 Å². The molecule has 1 saturated heterocycles. The quantitative estimate of drug-likeness (QED) is 0.361. The number of ether oxygens (including phenoxy) is 1. The minimum Gasteiger partial charge on any atom is -0.465 e. The Morgan fingerprint density at radius 2 is 1.88 bits per heavy atom. The van der Waals surface area contributed by atoms with Crippen molar-refractivity contribution in [2.24, 2.45) is 5.41 Å². The molecule has 0 bridgehead atoms. The molecule has 1 atom stereocenters. The van der Waals surface area contributed by atoms with Crippen LogP contribution in [0.3, 0.4) is 0 Å². The summed E-state index contributed by atoms with van der Waals surface area (Å²) >= 11 is 1.46. The molecule has 0 aliphatic carbocycles. The van der Waals surface area contributed by atoms with E-state index in [2.05, 4.69) is 28.9 Å². The number of piperazine rings is 1. The van der Waals surface area contributed by atoms with Gasteiger partial charge in [0, 0.05) is 39.1 Å². The van der Waals surface area contributed by atoms with Crippen molar-refractivity contribution in [1.29, 1.82) is 0 Å². The maximum absolute atomic E-state index is 13.9. The molecule has 2 N–H and O–H groups in total. The zero-order chi connectivity index (χ0) is 29.2. The van der Waals surface area contributed by atoms with Crippen LogP contribution < -0.4 is 10.0 Å². The van der Waals surface area contributed by atoms with Gasteiger partial charge in [0.1, 0.15) is 10.9 Å². The number of rotatable bonds is 9. The first-order chi connectivity index (χ1) is 19.5. The fourth-order valence-corrected chi connectivity index (χ4v) is 7.83. The maximum Gasteiger partial charge on any atom is 0.320 e. The van der Waals surface area contributed by atoms with Crippen LogP contribution in [-0.2, 0) is 37.2 Å². The average Bonchev–Trinajstić information content (AvgIpc) is 3.34. The summed E-state index contributed by atoms with van der Waals surface area (Å²) in [7, 11) is -4.06. The van der Waals surface area contributed by atoms with Crippen molar-refractivity contribution in [2.75, 3.05) is 51.2 Å². The third-order valence-electron chi connectivity index (χ3n) is 7.47. The molecule has 1 unspecified atom stereocenters. The largest absolute Gasteiger partial charge is 0.465 e. The maximum atomic E-state index is 13.9. The topological polar surface area (TPSA) is 121 Å². The molecule has 220 valence electrons. The molecule has 0 saturated carbocycles. The van der Waals surface area contributed by atoms with Crippen LogP contribution in [0.1, 0.15) is 31.3 Å². The van der Waals surface area contributed by atoms with E-state index in [1.807, 2.05) is 35.2 Å². The SMILES string of the molecule is CCOC(=O)CN1CCN(C(=O)C(Cc2nc3ccccc3s2)NS(=O)(=O)c2cccc3c2NCC(C)(C)C3)CC1. The van der Waals surface area contributed by atoms with Crippen LogP contribution in [-0.4, -0.2) is 87.0 Å². The molecule has 10 nitrogen and oxygen atoms in total. The Labute approximate surface area is 245 Å². The van der Waals surface area contributed by atoms with Crippen molar-refractivity contribution in [3.8, 4) is 0 Å². The zero-order valence-corrected chi connectivity index (χ0v) is 25.3. The van der Waals surface area contributed by atoms with E-state index in [1.165, 1.54) is 11.3 Å². The second-order valence-electron chi connectivity index (χ2n) is 11.3. The fourth-order valence-electron chi connectivity index (χ4n) is 5.40. The van der Waals surface area contributed by atoms with Gasteiger partial charge in [0.25, 0.3) is 0 Å². The Bertz CT molecular complexity index is 1500. The lowest BCUT2D eigenvalue weighted by Gasteiger charge is -2.36. The molecule has 1 fully saturated rings. The molecule has 1 aromatic heterocycles. The second kappa shape index (κ2) is 12.0. The van der Waals surface area contributed by atoms with Crippen molar-refractivity contribution in [3.05, 3.63) is 53.0 Å². The van der Waals surface area contributed by atoms with Gasteiger partial charge < -0.3 is 15.0 Å². The average molecular weight is 600 g/mol. The summed E-state index contributed by atoms with van der Waals surface area (Å²) in [6.07, 6.45) is 0.888. The molecule has 2 aromatic carbocycles. The molecule has 0 spiro atoms. The number of esters is 1. The number of anilines is 1. The second-order valence-corrected chi connectivity index (χ2v) is 14.1. The summed E-state index contributed by atoms with van der Waals surface area (Å²) in [5.74, 6) is -0.598. The number of aromatic nitrogens is 1. The van der Waals surface area contributed by atoms with Crippen molar-refractivity contribution in [2.45, 2.75) is 44.6 Å². The Hall–Kier alpha value is -3.06. The molecule has 3 aromatic rings. The first-order valence-electron chi connectivity index (χ1n) is 13.9. The van der Waals surface area contributed by atoms with Gasteiger partial charge in [-0.3, -0.25) is 14.5 Å². The summed E-state index contributed by atoms with van der Waals surface area (Å²) in [5, 5.41) is 4.01. The van der Waals surface area contributed by atoms with Gasteiger partial charge in [-0.15, -0.1) is 11.3 Å². The normalized spacial score (nSPS) is 18.0. The highest BCUT2D eigenvalue weighted by Gasteiger charge is 2.35. The first kappa shape index (κ1) is 29.4. The minimum absolute atomic E-state index is 0.00355. The number of hydrogen-bond acceptors (Lipinski definition) is 9.